The number of rotatable bonds is 6. The first-order chi connectivity index (χ1) is 13.6. The van der Waals surface area contributed by atoms with Gasteiger partial charge in [0.1, 0.15) is 11.4 Å². The SMILES string of the molecule is COc1cccc(CN2C[C@@H](c3ccccc3)[C@H](c3cc(C(F)F)n[nH]3)C2)c1. The fourth-order valence-corrected chi connectivity index (χ4v) is 4.05. The topological polar surface area (TPSA) is 41.1 Å². The van der Waals surface area contributed by atoms with Crippen molar-refractivity contribution in [2.45, 2.75) is 24.8 Å². The van der Waals surface area contributed by atoms with Gasteiger partial charge in [0, 0.05) is 37.2 Å². The highest BCUT2D eigenvalue weighted by atomic mass is 19.3. The molecule has 3 aromatic rings. The van der Waals surface area contributed by atoms with Crippen LogP contribution >= 0.6 is 0 Å². The van der Waals surface area contributed by atoms with E-state index in [2.05, 4.69) is 33.3 Å². The molecule has 4 rings (SSSR count). The Morgan fingerprint density at radius 2 is 1.86 bits per heavy atom. The summed E-state index contributed by atoms with van der Waals surface area (Å²) in [5.41, 5.74) is 2.98. The Bertz CT molecular complexity index is 913. The Hall–Kier alpha value is -2.73. The van der Waals surface area contributed by atoms with E-state index in [1.165, 1.54) is 17.2 Å². The van der Waals surface area contributed by atoms with Crippen LogP contribution in [0.25, 0.3) is 0 Å². The minimum atomic E-state index is -2.56. The number of methoxy groups -OCH3 is 1. The lowest BCUT2D eigenvalue weighted by atomic mass is 9.87. The molecule has 0 radical (unpaired) electrons. The standard InChI is InChI=1S/C22H23F2N3O/c1-28-17-9-5-6-15(10-17)12-27-13-18(16-7-3-2-4-8-16)19(14-27)20-11-21(22(23)24)26-25-20/h2-11,18-19,22H,12-14H2,1H3,(H,25,26)/t18-,19+/m0/s1. The zero-order valence-corrected chi connectivity index (χ0v) is 15.7. The third-order valence-electron chi connectivity index (χ3n) is 5.40. The molecule has 28 heavy (non-hydrogen) atoms. The van der Waals surface area contributed by atoms with Gasteiger partial charge in [0.05, 0.1) is 7.11 Å². The van der Waals surface area contributed by atoms with E-state index in [1.54, 1.807) is 7.11 Å². The van der Waals surface area contributed by atoms with E-state index < -0.39 is 6.43 Å². The van der Waals surface area contributed by atoms with Crippen LogP contribution in [0.5, 0.6) is 5.75 Å². The molecule has 1 aliphatic rings. The predicted molar refractivity (Wildman–Crippen MR) is 104 cm³/mol. The number of H-pyrrole nitrogens is 1. The van der Waals surface area contributed by atoms with Gasteiger partial charge in [0.15, 0.2) is 0 Å². The van der Waals surface area contributed by atoms with Crippen LogP contribution in [-0.2, 0) is 6.54 Å². The summed E-state index contributed by atoms with van der Waals surface area (Å²) < 4.78 is 31.4. The van der Waals surface area contributed by atoms with Gasteiger partial charge in [-0.05, 0) is 29.3 Å². The molecule has 2 heterocycles. The molecule has 146 valence electrons. The van der Waals surface area contributed by atoms with Crippen LogP contribution in [0, 0.1) is 0 Å². The summed E-state index contributed by atoms with van der Waals surface area (Å²) in [5.74, 6) is 1.15. The van der Waals surface area contributed by atoms with Gasteiger partial charge in [0.25, 0.3) is 6.43 Å². The summed E-state index contributed by atoms with van der Waals surface area (Å²) in [6, 6.07) is 19.8. The number of nitrogens with one attached hydrogen (secondary N) is 1. The minimum Gasteiger partial charge on any atom is -0.497 e. The molecule has 0 spiro atoms. The van der Waals surface area contributed by atoms with Crippen LogP contribution in [0.4, 0.5) is 8.78 Å². The third kappa shape index (κ3) is 3.92. The number of hydrogen-bond acceptors (Lipinski definition) is 3. The first-order valence-electron chi connectivity index (χ1n) is 9.37. The highest BCUT2D eigenvalue weighted by Crippen LogP contribution is 2.40. The van der Waals surface area contributed by atoms with Crippen LogP contribution in [0.2, 0.25) is 0 Å². The number of alkyl halides is 2. The van der Waals surface area contributed by atoms with Crippen molar-refractivity contribution in [3.05, 3.63) is 83.2 Å². The Kier molecular flexibility index (Phi) is 5.39. The lowest BCUT2D eigenvalue weighted by Gasteiger charge is -2.17. The van der Waals surface area contributed by atoms with E-state index in [-0.39, 0.29) is 17.5 Å². The Morgan fingerprint density at radius 1 is 1.07 bits per heavy atom. The van der Waals surface area contributed by atoms with Crippen molar-refractivity contribution in [1.82, 2.24) is 15.1 Å². The molecule has 1 N–H and O–H groups in total. The lowest BCUT2D eigenvalue weighted by Crippen LogP contribution is -2.20. The molecule has 6 heteroatoms. The monoisotopic (exact) mass is 383 g/mol. The number of likely N-dealkylation sites (tertiary alicyclic amines) is 1. The summed E-state index contributed by atoms with van der Waals surface area (Å²) >= 11 is 0. The fraction of sp³-hybridized carbons (Fsp3) is 0.318. The second-order valence-electron chi connectivity index (χ2n) is 7.22. The quantitative estimate of drug-likeness (QED) is 0.669. The zero-order valence-electron chi connectivity index (χ0n) is 15.7. The highest BCUT2D eigenvalue weighted by Gasteiger charge is 2.36. The van der Waals surface area contributed by atoms with Crippen LogP contribution in [0.1, 0.15) is 40.8 Å². The van der Waals surface area contributed by atoms with Gasteiger partial charge in [0.2, 0.25) is 0 Å². The molecule has 0 unspecified atom stereocenters. The minimum absolute atomic E-state index is 0.0907. The van der Waals surface area contributed by atoms with Gasteiger partial charge < -0.3 is 4.74 Å². The van der Waals surface area contributed by atoms with E-state index in [0.29, 0.717) is 0 Å². The van der Waals surface area contributed by atoms with Crippen molar-refractivity contribution in [2.24, 2.45) is 0 Å². The van der Waals surface area contributed by atoms with Crippen molar-refractivity contribution >= 4 is 0 Å². The molecule has 0 aliphatic carbocycles. The summed E-state index contributed by atoms with van der Waals surface area (Å²) in [6.07, 6.45) is -2.56. The summed E-state index contributed by atoms with van der Waals surface area (Å²) in [4.78, 5) is 2.36. The molecule has 0 amide bonds. The average molecular weight is 383 g/mol. The lowest BCUT2D eigenvalue weighted by molar-refractivity contribution is 0.146. The number of aromatic amines is 1. The molecule has 1 fully saturated rings. The van der Waals surface area contributed by atoms with E-state index >= 15 is 0 Å². The van der Waals surface area contributed by atoms with E-state index in [0.717, 1.165) is 31.1 Å². The molecule has 1 saturated heterocycles. The van der Waals surface area contributed by atoms with Crippen molar-refractivity contribution in [1.29, 1.82) is 0 Å². The summed E-state index contributed by atoms with van der Waals surface area (Å²) in [6.45, 7) is 2.42. The van der Waals surface area contributed by atoms with Gasteiger partial charge in [-0.15, -0.1) is 0 Å². The molecule has 2 atom stereocenters. The van der Waals surface area contributed by atoms with Crippen molar-refractivity contribution in [2.75, 3.05) is 20.2 Å². The summed E-state index contributed by atoms with van der Waals surface area (Å²) in [7, 11) is 1.66. The maximum Gasteiger partial charge on any atom is 0.282 e. The molecule has 1 aliphatic heterocycles. The summed E-state index contributed by atoms with van der Waals surface area (Å²) in [5, 5.41) is 6.66. The van der Waals surface area contributed by atoms with Crippen LogP contribution in [0.15, 0.2) is 60.7 Å². The van der Waals surface area contributed by atoms with Gasteiger partial charge >= 0.3 is 0 Å². The molecule has 0 bridgehead atoms. The van der Waals surface area contributed by atoms with E-state index in [1.807, 2.05) is 36.4 Å². The number of ether oxygens (including phenoxy) is 1. The predicted octanol–water partition coefficient (Wildman–Crippen LogP) is 4.74. The molecule has 1 aromatic heterocycles. The fourth-order valence-electron chi connectivity index (χ4n) is 4.05. The Balaban J connectivity index is 1.59. The Morgan fingerprint density at radius 3 is 2.57 bits per heavy atom. The Labute approximate surface area is 163 Å². The molecule has 0 saturated carbocycles. The second kappa shape index (κ2) is 8.10. The van der Waals surface area contributed by atoms with Crippen LogP contribution in [-0.4, -0.2) is 35.3 Å². The van der Waals surface area contributed by atoms with Gasteiger partial charge in [-0.2, -0.15) is 5.10 Å². The smallest absolute Gasteiger partial charge is 0.282 e. The van der Waals surface area contributed by atoms with Crippen molar-refractivity contribution in [3.63, 3.8) is 0 Å². The largest absolute Gasteiger partial charge is 0.497 e. The van der Waals surface area contributed by atoms with Crippen molar-refractivity contribution in [3.8, 4) is 5.75 Å². The molecular formula is C22H23F2N3O. The average Bonchev–Trinajstić information content (AvgIpc) is 3.36. The van der Waals surface area contributed by atoms with Crippen LogP contribution < -0.4 is 4.74 Å². The maximum atomic E-state index is 13.0. The van der Waals surface area contributed by atoms with Crippen LogP contribution in [0.3, 0.4) is 0 Å². The van der Waals surface area contributed by atoms with Gasteiger partial charge in [-0.25, -0.2) is 8.78 Å². The number of halogens is 2. The molecule has 4 nitrogen and oxygen atoms in total. The van der Waals surface area contributed by atoms with Gasteiger partial charge in [-0.3, -0.25) is 10.00 Å². The van der Waals surface area contributed by atoms with Crippen molar-refractivity contribution < 1.29 is 13.5 Å². The van der Waals surface area contributed by atoms with Gasteiger partial charge in [-0.1, -0.05) is 42.5 Å². The first kappa shape index (κ1) is 18.6. The number of hydrogen-bond donors (Lipinski definition) is 1. The van der Waals surface area contributed by atoms with E-state index in [4.69, 9.17) is 4.74 Å². The number of nitrogens with zero attached hydrogens (tertiary/aromatic N) is 2. The number of benzene rings is 2. The first-order valence-corrected chi connectivity index (χ1v) is 9.37. The highest BCUT2D eigenvalue weighted by molar-refractivity contribution is 5.31. The maximum absolute atomic E-state index is 13.0. The van der Waals surface area contributed by atoms with E-state index in [9.17, 15) is 8.78 Å². The third-order valence-corrected chi connectivity index (χ3v) is 5.40. The molecule has 2 aromatic carbocycles. The normalized spacial score (nSPS) is 20.0. The zero-order chi connectivity index (χ0) is 19.5. The second-order valence-corrected chi connectivity index (χ2v) is 7.22. The number of aromatic nitrogens is 2. The molecular weight excluding hydrogens is 360 g/mol.